The number of likely N-dealkylation sites (tertiary alicyclic amines) is 1. The topological polar surface area (TPSA) is 79.5 Å². The number of aromatic nitrogens is 2. The molecule has 6 nitrogen and oxygen atoms in total. The maximum atomic E-state index is 12.0. The highest BCUT2D eigenvalue weighted by Crippen LogP contribution is 2.34. The number of carbonyl (C=O) groups is 1. The maximum Gasteiger partial charge on any atom is 0.262 e. The van der Waals surface area contributed by atoms with Crippen LogP contribution in [-0.2, 0) is 10.4 Å². The summed E-state index contributed by atoms with van der Waals surface area (Å²) in [6, 6.07) is 5.16. The molecular weight excluding hydrogens is 326 g/mol. The van der Waals surface area contributed by atoms with Crippen LogP contribution >= 0.6 is 15.9 Å². The monoisotopic (exact) mass is 337 g/mol. The van der Waals surface area contributed by atoms with E-state index in [1.165, 1.54) is 4.90 Å². The van der Waals surface area contributed by atoms with E-state index in [0.717, 1.165) is 5.56 Å². The third-order valence-corrected chi connectivity index (χ3v) is 3.88. The number of amides is 1. The van der Waals surface area contributed by atoms with Gasteiger partial charge in [0.15, 0.2) is 5.76 Å². The fourth-order valence-electron chi connectivity index (χ4n) is 2.25. The molecule has 0 radical (unpaired) electrons. The van der Waals surface area contributed by atoms with Crippen molar-refractivity contribution in [3.63, 3.8) is 0 Å². The molecule has 1 atom stereocenters. The number of hydrogen-bond donors (Lipinski definition) is 1. The summed E-state index contributed by atoms with van der Waals surface area (Å²) in [5.41, 5.74) is -0.257. The van der Waals surface area contributed by atoms with Gasteiger partial charge >= 0.3 is 0 Å². The summed E-state index contributed by atoms with van der Waals surface area (Å²) in [5.74, 6) is -0.189. The van der Waals surface area contributed by atoms with Gasteiger partial charge in [-0.3, -0.25) is 4.79 Å². The third-order valence-electron chi connectivity index (χ3n) is 3.45. The number of carbonyl (C=O) groups excluding carboxylic acids is 1. The van der Waals surface area contributed by atoms with Gasteiger partial charge in [0.1, 0.15) is 10.3 Å². The van der Waals surface area contributed by atoms with Crippen LogP contribution in [0, 0.1) is 0 Å². The number of likely N-dealkylation sites (N-methyl/N-ethyl adjacent to an activating group) is 1. The molecule has 20 heavy (non-hydrogen) atoms. The van der Waals surface area contributed by atoms with Gasteiger partial charge in [0.25, 0.3) is 5.91 Å². The molecule has 1 amide bonds. The number of halogens is 1. The van der Waals surface area contributed by atoms with E-state index in [9.17, 15) is 9.90 Å². The lowest BCUT2D eigenvalue weighted by molar-refractivity contribution is -0.144. The standard InChI is InChI=1S/C13H12BrN3O3/c1-17-5-3-13(19,12(17)18)10-7-9(16-20-10)8-2-4-15-11(14)6-8/h2,4,6-7,19H,3,5H2,1H3/t13-/m1/s1. The fourth-order valence-corrected chi connectivity index (χ4v) is 2.62. The van der Waals surface area contributed by atoms with Gasteiger partial charge in [0, 0.05) is 37.8 Å². The highest BCUT2D eigenvalue weighted by molar-refractivity contribution is 9.10. The van der Waals surface area contributed by atoms with Crippen LogP contribution in [0.3, 0.4) is 0 Å². The number of pyridine rings is 1. The predicted molar refractivity (Wildman–Crippen MR) is 73.6 cm³/mol. The molecular formula is C13H12BrN3O3. The van der Waals surface area contributed by atoms with E-state index < -0.39 is 5.60 Å². The second kappa shape index (κ2) is 4.68. The maximum absolute atomic E-state index is 12.0. The second-order valence-electron chi connectivity index (χ2n) is 4.78. The third kappa shape index (κ3) is 2.03. The zero-order chi connectivity index (χ0) is 14.3. The summed E-state index contributed by atoms with van der Waals surface area (Å²) in [5, 5.41) is 14.4. The summed E-state index contributed by atoms with van der Waals surface area (Å²) in [6.07, 6.45) is 1.94. The van der Waals surface area contributed by atoms with E-state index in [4.69, 9.17) is 4.52 Å². The summed E-state index contributed by atoms with van der Waals surface area (Å²) in [4.78, 5) is 17.5. The Bertz CT molecular complexity index is 672. The summed E-state index contributed by atoms with van der Waals surface area (Å²) >= 11 is 3.28. The van der Waals surface area contributed by atoms with Crippen LogP contribution in [0.4, 0.5) is 0 Å². The van der Waals surface area contributed by atoms with Gasteiger partial charge in [0.05, 0.1) is 0 Å². The summed E-state index contributed by atoms with van der Waals surface area (Å²) < 4.78 is 5.86. The van der Waals surface area contributed by atoms with Gasteiger partial charge in [-0.25, -0.2) is 4.98 Å². The van der Waals surface area contributed by atoms with Crippen molar-refractivity contribution in [2.75, 3.05) is 13.6 Å². The van der Waals surface area contributed by atoms with Crippen molar-refractivity contribution in [3.05, 3.63) is 34.8 Å². The highest BCUT2D eigenvalue weighted by Gasteiger charge is 2.48. The largest absolute Gasteiger partial charge is 0.373 e. The van der Waals surface area contributed by atoms with Gasteiger partial charge in [-0.15, -0.1) is 0 Å². The molecule has 1 fully saturated rings. The molecule has 1 aliphatic rings. The van der Waals surface area contributed by atoms with E-state index >= 15 is 0 Å². The smallest absolute Gasteiger partial charge is 0.262 e. The first-order chi connectivity index (χ1) is 9.50. The Labute approximate surface area is 123 Å². The van der Waals surface area contributed by atoms with E-state index in [2.05, 4.69) is 26.1 Å². The molecule has 1 saturated heterocycles. The van der Waals surface area contributed by atoms with Gasteiger partial charge in [-0.2, -0.15) is 0 Å². The van der Waals surface area contributed by atoms with E-state index in [0.29, 0.717) is 23.3 Å². The number of nitrogens with zero attached hydrogens (tertiary/aromatic N) is 3. The Morgan fingerprint density at radius 2 is 2.30 bits per heavy atom. The van der Waals surface area contributed by atoms with E-state index in [1.807, 2.05) is 0 Å². The molecule has 2 aromatic heterocycles. The van der Waals surface area contributed by atoms with Crippen molar-refractivity contribution in [1.82, 2.24) is 15.0 Å². The van der Waals surface area contributed by atoms with Crippen molar-refractivity contribution in [2.45, 2.75) is 12.0 Å². The van der Waals surface area contributed by atoms with E-state index in [1.54, 1.807) is 31.4 Å². The molecule has 0 bridgehead atoms. The van der Waals surface area contributed by atoms with Crippen molar-refractivity contribution in [2.24, 2.45) is 0 Å². The number of aliphatic hydroxyl groups is 1. The molecule has 0 aliphatic carbocycles. The Balaban J connectivity index is 1.97. The van der Waals surface area contributed by atoms with Crippen LogP contribution in [-0.4, -0.2) is 39.6 Å². The zero-order valence-electron chi connectivity index (χ0n) is 10.7. The first-order valence-corrected chi connectivity index (χ1v) is 6.87. The zero-order valence-corrected chi connectivity index (χ0v) is 12.3. The fraction of sp³-hybridized carbons (Fsp3) is 0.308. The minimum atomic E-state index is -1.61. The summed E-state index contributed by atoms with van der Waals surface area (Å²) in [7, 11) is 1.65. The van der Waals surface area contributed by atoms with Crippen LogP contribution in [0.2, 0.25) is 0 Å². The van der Waals surface area contributed by atoms with Crippen LogP contribution in [0.25, 0.3) is 11.3 Å². The minimum absolute atomic E-state index is 0.176. The van der Waals surface area contributed by atoms with Crippen LogP contribution in [0.5, 0.6) is 0 Å². The van der Waals surface area contributed by atoms with Crippen molar-refractivity contribution >= 4 is 21.8 Å². The highest BCUT2D eigenvalue weighted by atomic mass is 79.9. The second-order valence-corrected chi connectivity index (χ2v) is 5.59. The molecule has 1 N–H and O–H groups in total. The first kappa shape index (κ1) is 13.3. The van der Waals surface area contributed by atoms with E-state index in [-0.39, 0.29) is 11.7 Å². The Morgan fingerprint density at radius 3 is 2.95 bits per heavy atom. The SMILES string of the molecule is CN1CC[C@@](O)(c2cc(-c3ccnc(Br)c3)no2)C1=O. The first-order valence-electron chi connectivity index (χ1n) is 6.08. The van der Waals surface area contributed by atoms with Crippen molar-refractivity contribution in [3.8, 4) is 11.3 Å². The molecule has 3 heterocycles. The van der Waals surface area contributed by atoms with Crippen LogP contribution in [0.15, 0.2) is 33.5 Å². The van der Waals surface area contributed by atoms with Crippen LogP contribution in [0.1, 0.15) is 12.2 Å². The van der Waals surface area contributed by atoms with Gasteiger partial charge in [0.2, 0.25) is 5.60 Å². The molecule has 0 spiro atoms. The number of hydrogen-bond acceptors (Lipinski definition) is 5. The minimum Gasteiger partial charge on any atom is -0.373 e. The molecule has 0 unspecified atom stereocenters. The quantitative estimate of drug-likeness (QED) is 0.841. The Kier molecular flexibility index (Phi) is 3.10. The molecule has 104 valence electrons. The molecule has 1 aliphatic heterocycles. The van der Waals surface area contributed by atoms with Gasteiger partial charge in [-0.05, 0) is 28.1 Å². The lowest BCUT2D eigenvalue weighted by Crippen LogP contribution is -2.35. The molecule has 0 saturated carbocycles. The van der Waals surface area contributed by atoms with Crippen molar-refractivity contribution < 1.29 is 14.4 Å². The number of rotatable bonds is 2. The lowest BCUT2D eigenvalue weighted by atomic mass is 9.98. The Hall–Kier alpha value is -1.73. The average Bonchev–Trinajstić information content (AvgIpc) is 3.02. The Morgan fingerprint density at radius 1 is 1.50 bits per heavy atom. The van der Waals surface area contributed by atoms with Gasteiger partial charge in [-0.1, -0.05) is 5.16 Å². The van der Waals surface area contributed by atoms with Crippen molar-refractivity contribution in [1.29, 1.82) is 0 Å². The lowest BCUT2D eigenvalue weighted by Gasteiger charge is -2.16. The molecule has 3 rings (SSSR count). The van der Waals surface area contributed by atoms with Gasteiger partial charge < -0.3 is 14.5 Å². The summed E-state index contributed by atoms with van der Waals surface area (Å²) in [6.45, 7) is 0.492. The molecule has 0 aromatic carbocycles. The predicted octanol–water partition coefficient (Wildman–Crippen LogP) is 1.55. The molecule has 7 heteroatoms. The molecule has 2 aromatic rings. The van der Waals surface area contributed by atoms with Crippen LogP contribution < -0.4 is 0 Å². The normalized spacial score (nSPS) is 22.6. The average molecular weight is 338 g/mol.